The Morgan fingerprint density at radius 1 is 1.23 bits per heavy atom. The lowest BCUT2D eigenvalue weighted by molar-refractivity contribution is 0.0699. The smallest absolute Gasteiger partial charge is 0.289 e. The summed E-state index contributed by atoms with van der Waals surface area (Å²) in [7, 11) is 3.80. The molecule has 1 amide bonds. The van der Waals surface area contributed by atoms with Gasteiger partial charge in [0.25, 0.3) is 5.91 Å². The second-order valence-electron chi connectivity index (χ2n) is 7.89. The molecule has 4 aromatic rings. The number of aryl methyl sites for hydroxylation is 4. The van der Waals surface area contributed by atoms with E-state index in [4.69, 9.17) is 8.94 Å². The zero-order valence-electron chi connectivity index (χ0n) is 17.9. The summed E-state index contributed by atoms with van der Waals surface area (Å²) >= 11 is 0. The molecule has 0 saturated heterocycles. The van der Waals surface area contributed by atoms with Gasteiger partial charge in [0.05, 0.1) is 12.2 Å². The number of furan rings is 1. The summed E-state index contributed by atoms with van der Waals surface area (Å²) in [4.78, 5) is 15.0. The molecule has 10 heteroatoms. The number of carbonyl (C=O) groups excluding carboxylic acids is 1. The van der Waals surface area contributed by atoms with Crippen molar-refractivity contribution in [3.05, 3.63) is 58.3 Å². The minimum Gasteiger partial charge on any atom is -0.456 e. The molecule has 31 heavy (non-hydrogen) atoms. The Hall–Kier alpha value is -3.69. The summed E-state index contributed by atoms with van der Waals surface area (Å²) in [6.07, 6.45) is 2.90. The van der Waals surface area contributed by atoms with Gasteiger partial charge in [0.2, 0.25) is 0 Å². The fourth-order valence-electron chi connectivity index (χ4n) is 4.12. The summed E-state index contributed by atoms with van der Waals surface area (Å²) < 4.78 is 14.8. The molecule has 0 atom stereocenters. The fraction of sp³-hybridized carbons (Fsp3) is 0.381. The standard InChI is InChI=1S/C21H23N7O3/c1-12-15(13(2)31-25-12)9-14-5-6-18(30-14)21(29)28-8-7-17-16(10-28)19(24-27(17)4)20-23-22-11-26(20)3/h5-6,11H,7-10H2,1-4H3. The van der Waals surface area contributed by atoms with Crippen LogP contribution in [-0.2, 0) is 33.5 Å². The Kier molecular flexibility index (Phi) is 4.49. The molecule has 5 heterocycles. The third kappa shape index (κ3) is 3.24. The molecule has 1 aliphatic rings. The molecule has 0 aliphatic carbocycles. The van der Waals surface area contributed by atoms with Crippen LogP contribution in [0.2, 0.25) is 0 Å². The van der Waals surface area contributed by atoms with Gasteiger partial charge in [0, 0.05) is 50.3 Å². The van der Waals surface area contributed by atoms with E-state index in [1.54, 1.807) is 17.3 Å². The Labute approximate surface area is 178 Å². The van der Waals surface area contributed by atoms with Crippen molar-refractivity contribution in [3.63, 3.8) is 0 Å². The van der Waals surface area contributed by atoms with Gasteiger partial charge in [-0.1, -0.05) is 5.16 Å². The first-order valence-electron chi connectivity index (χ1n) is 10.1. The molecule has 160 valence electrons. The molecule has 0 radical (unpaired) electrons. The van der Waals surface area contributed by atoms with Crippen molar-refractivity contribution in [2.24, 2.45) is 14.1 Å². The highest BCUT2D eigenvalue weighted by molar-refractivity contribution is 5.91. The molecule has 0 fully saturated rings. The van der Waals surface area contributed by atoms with Gasteiger partial charge in [0.1, 0.15) is 23.5 Å². The SMILES string of the molecule is Cc1noc(C)c1Cc1ccc(C(=O)N2CCc3c(c(-c4nncn4C)nn3C)C2)o1. The second-order valence-corrected chi connectivity index (χ2v) is 7.89. The van der Waals surface area contributed by atoms with Crippen molar-refractivity contribution in [3.8, 4) is 11.5 Å². The number of rotatable bonds is 4. The number of nitrogens with zero attached hydrogens (tertiary/aromatic N) is 7. The number of amides is 1. The van der Waals surface area contributed by atoms with Crippen LogP contribution in [0, 0.1) is 13.8 Å². The van der Waals surface area contributed by atoms with Gasteiger partial charge in [0.15, 0.2) is 11.6 Å². The highest BCUT2D eigenvalue weighted by Crippen LogP contribution is 2.29. The number of hydrogen-bond donors (Lipinski definition) is 0. The molecule has 0 unspecified atom stereocenters. The molecular weight excluding hydrogens is 398 g/mol. The Bertz CT molecular complexity index is 1260. The van der Waals surface area contributed by atoms with Crippen LogP contribution in [0.1, 0.15) is 44.6 Å². The average molecular weight is 421 g/mol. The van der Waals surface area contributed by atoms with Crippen molar-refractivity contribution < 1.29 is 13.7 Å². The molecule has 5 rings (SSSR count). The topological polar surface area (TPSA) is 108 Å². The summed E-state index contributed by atoms with van der Waals surface area (Å²) in [6.45, 7) is 4.82. The normalized spacial score (nSPS) is 13.6. The predicted molar refractivity (Wildman–Crippen MR) is 109 cm³/mol. The lowest BCUT2D eigenvalue weighted by atomic mass is 10.0. The van der Waals surface area contributed by atoms with E-state index in [-0.39, 0.29) is 5.91 Å². The summed E-state index contributed by atoms with van der Waals surface area (Å²) in [5, 5.41) is 16.8. The minimum absolute atomic E-state index is 0.136. The maximum atomic E-state index is 13.2. The van der Waals surface area contributed by atoms with Gasteiger partial charge in [-0.3, -0.25) is 9.48 Å². The zero-order chi connectivity index (χ0) is 21.7. The highest BCUT2D eigenvalue weighted by atomic mass is 16.5. The Balaban J connectivity index is 1.38. The van der Waals surface area contributed by atoms with Crippen LogP contribution in [-0.4, -0.2) is 47.1 Å². The molecule has 0 aromatic carbocycles. The predicted octanol–water partition coefficient (Wildman–Crippen LogP) is 2.20. The maximum Gasteiger partial charge on any atom is 0.289 e. The Morgan fingerprint density at radius 3 is 2.77 bits per heavy atom. The molecule has 0 spiro atoms. The molecule has 4 aromatic heterocycles. The van der Waals surface area contributed by atoms with Crippen molar-refractivity contribution in [2.75, 3.05) is 6.54 Å². The molecular formula is C21H23N7O3. The van der Waals surface area contributed by atoms with Gasteiger partial charge < -0.3 is 18.4 Å². The number of hydrogen-bond acceptors (Lipinski definition) is 7. The first-order valence-corrected chi connectivity index (χ1v) is 10.1. The zero-order valence-corrected chi connectivity index (χ0v) is 17.9. The molecule has 0 bridgehead atoms. The third-order valence-electron chi connectivity index (χ3n) is 5.86. The fourth-order valence-corrected chi connectivity index (χ4v) is 4.12. The van der Waals surface area contributed by atoms with E-state index in [2.05, 4.69) is 20.5 Å². The molecule has 0 saturated carbocycles. The van der Waals surface area contributed by atoms with Crippen LogP contribution in [0.25, 0.3) is 11.5 Å². The monoisotopic (exact) mass is 421 g/mol. The van der Waals surface area contributed by atoms with Gasteiger partial charge in [-0.05, 0) is 26.0 Å². The van der Waals surface area contributed by atoms with Crippen molar-refractivity contribution in [1.29, 1.82) is 0 Å². The first-order chi connectivity index (χ1) is 14.9. The lowest BCUT2D eigenvalue weighted by Crippen LogP contribution is -2.36. The molecule has 1 aliphatic heterocycles. The van der Waals surface area contributed by atoms with Crippen LogP contribution in [0.15, 0.2) is 27.4 Å². The van der Waals surface area contributed by atoms with E-state index in [1.165, 1.54) is 0 Å². The number of carbonyl (C=O) groups is 1. The van der Waals surface area contributed by atoms with Crippen LogP contribution < -0.4 is 0 Å². The van der Waals surface area contributed by atoms with Crippen molar-refractivity contribution in [1.82, 2.24) is 34.6 Å². The van der Waals surface area contributed by atoms with E-state index in [1.807, 2.05) is 43.3 Å². The van der Waals surface area contributed by atoms with E-state index in [0.717, 1.165) is 40.4 Å². The maximum absolute atomic E-state index is 13.2. The highest BCUT2D eigenvalue weighted by Gasteiger charge is 2.30. The largest absolute Gasteiger partial charge is 0.456 e. The van der Waals surface area contributed by atoms with Crippen LogP contribution in [0.5, 0.6) is 0 Å². The van der Waals surface area contributed by atoms with Crippen molar-refractivity contribution >= 4 is 5.91 Å². The quantitative estimate of drug-likeness (QED) is 0.497. The number of aromatic nitrogens is 6. The summed E-state index contributed by atoms with van der Waals surface area (Å²) in [6, 6.07) is 3.57. The average Bonchev–Trinajstić information content (AvgIpc) is 3.53. The Morgan fingerprint density at radius 2 is 2.06 bits per heavy atom. The van der Waals surface area contributed by atoms with E-state index in [0.29, 0.717) is 36.9 Å². The van der Waals surface area contributed by atoms with Gasteiger partial charge in [-0.15, -0.1) is 10.2 Å². The van der Waals surface area contributed by atoms with Crippen LogP contribution in [0.4, 0.5) is 0 Å². The second kappa shape index (κ2) is 7.22. The van der Waals surface area contributed by atoms with Gasteiger partial charge in [-0.25, -0.2) is 0 Å². The summed E-state index contributed by atoms with van der Waals surface area (Å²) in [5.41, 5.74) is 4.69. The van der Waals surface area contributed by atoms with Gasteiger partial charge >= 0.3 is 0 Å². The lowest BCUT2D eigenvalue weighted by Gasteiger charge is -2.26. The van der Waals surface area contributed by atoms with E-state index in [9.17, 15) is 4.79 Å². The van der Waals surface area contributed by atoms with Gasteiger partial charge in [-0.2, -0.15) is 5.10 Å². The summed E-state index contributed by atoms with van der Waals surface area (Å²) in [5.74, 6) is 2.35. The molecule has 0 N–H and O–H groups in total. The number of fused-ring (bicyclic) bond motifs is 1. The van der Waals surface area contributed by atoms with E-state index < -0.39 is 0 Å². The first kappa shape index (κ1) is 19.3. The van der Waals surface area contributed by atoms with Crippen molar-refractivity contribution in [2.45, 2.75) is 33.2 Å². The van der Waals surface area contributed by atoms with Crippen LogP contribution in [0.3, 0.4) is 0 Å². The third-order valence-corrected chi connectivity index (χ3v) is 5.86. The van der Waals surface area contributed by atoms with Crippen LogP contribution >= 0.6 is 0 Å². The molecule has 10 nitrogen and oxygen atoms in total. The minimum atomic E-state index is -0.136. The van der Waals surface area contributed by atoms with E-state index >= 15 is 0 Å².